The second kappa shape index (κ2) is 2.85. The third-order valence-corrected chi connectivity index (χ3v) is 1.92. The minimum absolute atomic E-state index is 0.214. The van der Waals surface area contributed by atoms with Crippen LogP contribution in [0.15, 0.2) is 30.3 Å². The van der Waals surface area contributed by atoms with E-state index in [9.17, 15) is 0 Å². The van der Waals surface area contributed by atoms with Gasteiger partial charge in [-0.15, -0.1) is 0 Å². The van der Waals surface area contributed by atoms with E-state index in [1.54, 1.807) is 0 Å². The van der Waals surface area contributed by atoms with Gasteiger partial charge < -0.3 is 4.74 Å². The largest absolute Gasteiger partial charge is 0.440 e. The summed E-state index contributed by atoms with van der Waals surface area (Å²) in [5.41, 5.74) is 6.65. The standard InChI is InChI=1S/C9H10N2O/c10-9-11-8(6-12-9)7-4-2-1-3-5-7/h1-5,8H,6H2,(H2,10,11)/p+1. The molecule has 3 N–H and O–H groups in total. The van der Waals surface area contributed by atoms with Crippen LogP contribution in [0, 0.1) is 0 Å². The maximum absolute atomic E-state index is 5.45. The van der Waals surface area contributed by atoms with Gasteiger partial charge in [-0.25, -0.2) is 4.99 Å². The molecule has 0 aromatic heterocycles. The van der Waals surface area contributed by atoms with Gasteiger partial charge in [0.05, 0.1) is 0 Å². The van der Waals surface area contributed by atoms with E-state index in [4.69, 9.17) is 10.5 Å². The Bertz CT molecular complexity index is 295. The molecule has 1 aliphatic heterocycles. The van der Waals surface area contributed by atoms with E-state index in [0.717, 1.165) is 0 Å². The predicted octanol–water partition coefficient (Wildman–Crippen LogP) is -0.847. The molecule has 1 aromatic rings. The highest BCUT2D eigenvalue weighted by molar-refractivity contribution is 5.65. The molecule has 0 bridgehead atoms. The molecule has 0 saturated heterocycles. The van der Waals surface area contributed by atoms with Gasteiger partial charge >= 0.3 is 6.02 Å². The van der Waals surface area contributed by atoms with Crippen molar-refractivity contribution in [1.29, 1.82) is 0 Å². The van der Waals surface area contributed by atoms with E-state index in [1.807, 2.05) is 18.2 Å². The molecule has 1 aliphatic rings. The van der Waals surface area contributed by atoms with Gasteiger partial charge in [0.1, 0.15) is 6.61 Å². The fraction of sp³-hybridized carbons (Fsp3) is 0.222. The molecule has 0 aliphatic carbocycles. The zero-order valence-corrected chi connectivity index (χ0v) is 6.66. The smallest absolute Gasteiger partial charge is 0.427 e. The molecule has 2 rings (SSSR count). The maximum Gasteiger partial charge on any atom is 0.440 e. The van der Waals surface area contributed by atoms with Gasteiger partial charge in [0.15, 0.2) is 6.04 Å². The van der Waals surface area contributed by atoms with Crippen molar-refractivity contribution < 1.29 is 9.73 Å². The van der Waals surface area contributed by atoms with Crippen molar-refractivity contribution in [3.05, 3.63) is 35.9 Å². The molecule has 0 amide bonds. The average molecular weight is 163 g/mol. The van der Waals surface area contributed by atoms with Gasteiger partial charge in [-0.3, -0.25) is 5.73 Å². The third kappa shape index (κ3) is 1.25. The molecular weight excluding hydrogens is 152 g/mol. The molecule has 1 heterocycles. The highest BCUT2D eigenvalue weighted by Crippen LogP contribution is 2.09. The van der Waals surface area contributed by atoms with Gasteiger partial charge in [0.2, 0.25) is 0 Å². The topological polar surface area (TPSA) is 49.2 Å². The molecule has 1 unspecified atom stereocenters. The van der Waals surface area contributed by atoms with Crippen molar-refractivity contribution >= 4 is 6.02 Å². The van der Waals surface area contributed by atoms with Crippen LogP contribution in [-0.4, -0.2) is 12.6 Å². The first-order valence-corrected chi connectivity index (χ1v) is 3.93. The van der Waals surface area contributed by atoms with Gasteiger partial charge in [-0.2, -0.15) is 0 Å². The Morgan fingerprint density at radius 1 is 1.33 bits per heavy atom. The first kappa shape index (κ1) is 7.16. The van der Waals surface area contributed by atoms with E-state index < -0.39 is 0 Å². The van der Waals surface area contributed by atoms with Crippen LogP contribution in [0.25, 0.3) is 0 Å². The Kier molecular flexibility index (Phi) is 1.70. The van der Waals surface area contributed by atoms with E-state index >= 15 is 0 Å². The van der Waals surface area contributed by atoms with Crippen molar-refractivity contribution in [2.45, 2.75) is 6.04 Å². The molecular formula is C9H11N2O+. The predicted molar refractivity (Wildman–Crippen MR) is 45.3 cm³/mol. The zero-order valence-electron chi connectivity index (χ0n) is 6.66. The van der Waals surface area contributed by atoms with E-state index in [0.29, 0.717) is 12.6 Å². The third-order valence-electron chi connectivity index (χ3n) is 1.92. The van der Waals surface area contributed by atoms with Crippen molar-refractivity contribution in [3.8, 4) is 0 Å². The van der Waals surface area contributed by atoms with Crippen LogP contribution in [0.3, 0.4) is 0 Å². The van der Waals surface area contributed by atoms with E-state index in [1.165, 1.54) is 5.56 Å². The molecule has 62 valence electrons. The molecule has 12 heavy (non-hydrogen) atoms. The fourth-order valence-corrected chi connectivity index (χ4v) is 1.29. The van der Waals surface area contributed by atoms with Crippen LogP contribution in [0.2, 0.25) is 0 Å². The summed E-state index contributed by atoms with van der Waals surface area (Å²) in [7, 11) is 0. The minimum Gasteiger partial charge on any atom is -0.427 e. The lowest BCUT2D eigenvalue weighted by molar-refractivity contribution is -0.497. The molecule has 1 atom stereocenters. The Labute approximate surface area is 70.9 Å². The lowest BCUT2D eigenvalue weighted by atomic mass is 10.1. The Balaban J connectivity index is 2.22. The van der Waals surface area contributed by atoms with Crippen LogP contribution in [0.5, 0.6) is 0 Å². The summed E-state index contributed by atoms with van der Waals surface area (Å²) in [5.74, 6) is 0. The Morgan fingerprint density at radius 3 is 2.67 bits per heavy atom. The monoisotopic (exact) mass is 163 g/mol. The van der Waals surface area contributed by atoms with Crippen LogP contribution < -0.4 is 10.7 Å². The van der Waals surface area contributed by atoms with Crippen molar-refractivity contribution in [2.75, 3.05) is 6.61 Å². The van der Waals surface area contributed by atoms with Crippen LogP contribution in [0.4, 0.5) is 0 Å². The van der Waals surface area contributed by atoms with Crippen LogP contribution in [0.1, 0.15) is 11.6 Å². The minimum atomic E-state index is 0.214. The van der Waals surface area contributed by atoms with Crippen molar-refractivity contribution in [3.63, 3.8) is 0 Å². The van der Waals surface area contributed by atoms with Crippen molar-refractivity contribution in [1.82, 2.24) is 0 Å². The number of hydrogen-bond donors (Lipinski definition) is 2. The highest BCUT2D eigenvalue weighted by atomic mass is 16.5. The van der Waals surface area contributed by atoms with Crippen LogP contribution in [-0.2, 0) is 4.74 Å². The van der Waals surface area contributed by atoms with Gasteiger partial charge in [-0.05, 0) is 5.56 Å². The second-order valence-electron chi connectivity index (χ2n) is 2.78. The first-order chi connectivity index (χ1) is 5.86. The summed E-state index contributed by atoms with van der Waals surface area (Å²) < 4.78 is 5.10. The maximum atomic E-state index is 5.45. The fourth-order valence-electron chi connectivity index (χ4n) is 1.29. The molecule has 0 radical (unpaired) electrons. The van der Waals surface area contributed by atoms with E-state index in [2.05, 4.69) is 17.1 Å². The summed E-state index contributed by atoms with van der Waals surface area (Å²) in [6, 6.07) is 10.7. The molecule has 3 nitrogen and oxygen atoms in total. The summed E-state index contributed by atoms with van der Waals surface area (Å²) in [5, 5.41) is 0. The van der Waals surface area contributed by atoms with E-state index in [-0.39, 0.29) is 6.04 Å². The lowest BCUT2D eigenvalue weighted by Crippen LogP contribution is -2.73. The Morgan fingerprint density at radius 2 is 2.08 bits per heavy atom. The number of hydrogen-bond acceptors (Lipinski definition) is 2. The molecule has 1 aromatic carbocycles. The molecule has 0 fully saturated rings. The summed E-state index contributed by atoms with van der Waals surface area (Å²) in [6.07, 6.45) is 0. The SMILES string of the molecule is NC1=[NH+]C(c2ccccc2)CO1. The Hall–Kier alpha value is -1.51. The summed E-state index contributed by atoms with van der Waals surface area (Å²) >= 11 is 0. The molecule has 3 heteroatoms. The van der Waals surface area contributed by atoms with Gasteiger partial charge in [0.25, 0.3) is 0 Å². The summed E-state index contributed by atoms with van der Waals surface area (Å²) in [4.78, 5) is 3.04. The normalized spacial score (nSPS) is 21.7. The molecule has 0 saturated carbocycles. The number of ether oxygens (including phenoxy) is 1. The zero-order chi connectivity index (χ0) is 8.39. The average Bonchev–Trinajstić information content (AvgIpc) is 2.54. The quantitative estimate of drug-likeness (QED) is 0.566. The summed E-state index contributed by atoms with van der Waals surface area (Å²) in [6.45, 7) is 0.621. The molecule has 0 spiro atoms. The van der Waals surface area contributed by atoms with Gasteiger partial charge in [0, 0.05) is 0 Å². The number of rotatable bonds is 1. The van der Waals surface area contributed by atoms with Crippen LogP contribution >= 0.6 is 0 Å². The number of nitrogens with one attached hydrogen (secondary N) is 1. The second-order valence-corrected chi connectivity index (χ2v) is 2.78. The number of amidine groups is 1. The first-order valence-electron chi connectivity index (χ1n) is 3.93. The van der Waals surface area contributed by atoms with Crippen molar-refractivity contribution in [2.24, 2.45) is 5.73 Å². The lowest BCUT2D eigenvalue weighted by Gasteiger charge is -2.00. The number of benzene rings is 1. The van der Waals surface area contributed by atoms with Gasteiger partial charge in [-0.1, -0.05) is 30.3 Å². The highest BCUT2D eigenvalue weighted by Gasteiger charge is 2.21. The number of nitrogens with two attached hydrogens (primary N) is 1.